The van der Waals surface area contributed by atoms with Gasteiger partial charge in [-0.3, -0.25) is 10.1 Å². The third-order valence-electron chi connectivity index (χ3n) is 4.28. The largest absolute Gasteiger partial charge is 0.489 e. The van der Waals surface area contributed by atoms with Gasteiger partial charge in [0.2, 0.25) is 0 Å². The van der Waals surface area contributed by atoms with Crippen LogP contribution in [0.2, 0.25) is 0 Å². The predicted molar refractivity (Wildman–Crippen MR) is 109 cm³/mol. The fourth-order valence-electron chi connectivity index (χ4n) is 2.57. The molecule has 0 fully saturated rings. The van der Waals surface area contributed by atoms with Crippen LogP contribution in [0.15, 0.2) is 23.6 Å². The molecular formula is C20H22N2O2S2. The average Bonchev–Trinajstić information content (AvgIpc) is 3.16. The number of hydrogen-bond donors (Lipinski definition) is 1. The van der Waals surface area contributed by atoms with Crippen molar-refractivity contribution in [2.24, 2.45) is 0 Å². The van der Waals surface area contributed by atoms with Gasteiger partial charge >= 0.3 is 0 Å². The van der Waals surface area contributed by atoms with Crippen LogP contribution in [0, 0.1) is 34.6 Å². The van der Waals surface area contributed by atoms with Gasteiger partial charge in [-0.25, -0.2) is 4.98 Å². The van der Waals surface area contributed by atoms with Crippen LogP contribution in [-0.2, 0) is 6.61 Å². The number of thiophene rings is 1. The van der Waals surface area contributed by atoms with Gasteiger partial charge in [0.25, 0.3) is 5.91 Å². The summed E-state index contributed by atoms with van der Waals surface area (Å²) in [6.07, 6.45) is 0. The Hall–Kier alpha value is -2.18. The van der Waals surface area contributed by atoms with E-state index in [0.29, 0.717) is 16.6 Å². The summed E-state index contributed by atoms with van der Waals surface area (Å²) in [6.45, 7) is 10.6. The number of thiazole rings is 1. The zero-order valence-electron chi connectivity index (χ0n) is 15.6. The van der Waals surface area contributed by atoms with Gasteiger partial charge in [-0.2, -0.15) is 0 Å². The molecule has 4 nitrogen and oxygen atoms in total. The molecule has 0 radical (unpaired) electrons. The minimum absolute atomic E-state index is 0.127. The lowest BCUT2D eigenvalue weighted by Gasteiger charge is -2.11. The van der Waals surface area contributed by atoms with Crippen molar-refractivity contribution in [1.82, 2.24) is 4.98 Å². The fourth-order valence-corrected chi connectivity index (χ4v) is 4.17. The molecule has 1 aromatic carbocycles. The molecule has 26 heavy (non-hydrogen) atoms. The second-order valence-corrected chi connectivity index (χ2v) is 8.54. The highest BCUT2D eigenvalue weighted by molar-refractivity contribution is 7.16. The van der Waals surface area contributed by atoms with Crippen molar-refractivity contribution >= 4 is 33.7 Å². The van der Waals surface area contributed by atoms with Crippen LogP contribution in [0.4, 0.5) is 5.13 Å². The van der Waals surface area contributed by atoms with E-state index in [0.717, 1.165) is 27.4 Å². The molecule has 0 saturated carbocycles. The standard InChI is InChI=1S/C20H22N2O2S2/c1-11-6-12(2)13(3)17(7-11)24-9-16-8-18(25-10-16)19(23)22-20-21-14(4)15(5)26-20/h6-8,10H,9H2,1-5H3,(H,21,22,23). The van der Waals surface area contributed by atoms with Crippen molar-refractivity contribution in [3.63, 3.8) is 0 Å². The molecule has 0 unspecified atom stereocenters. The van der Waals surface area contributed by atoms with Crippen molar-refractivity contribution in [3.05, 3.63) is 61.3 Å². The number of carbonyl (C=O) groups excluding carboxylic acids is 1. The van der Waals surface area contributed by atoms with Gasteiger partial charge in [-0.1, -0.05) is 6.07 Å². The van der Waals surface area contributed by atoms with Crippen LogP contribution in [0.5, 0.6) is 5.75 Å². The molecule has 2 aromatic heterocycles. The van der Waals surface area contributed by atoms with Crippen molar-refractivity contribution in [3.8, 4) is 5.75 Å². The number of anilines is 1. The van der Waals surface area contributed by atoms with Crippen LogP contribution in [-0.4, -0.2) is 10.9 Å². The molecule has 0 aliphatic rings. The second kappa shape index (κ2) is 7.60. The Kier molecular flexibility index (Phi) is 5.44. The van der Waals surface area contributed by atoms with Gasteiger partial charge in [0, 0.05) is 10.4 Å². The smallest absolute Gasteiger partial charge is 0.267 e. The van der Waals surface area contributed by atoms with Crippen molar-refractivity contribution in [2.45, 2.75) is 41.2 Å². The summed E-state index contributed by atoms with van der Waals surface area (Å²) in [5.41, 5.74) is 5.50. The molecule has 0 aliphatic heterocycles. The van der Waals surface area contributed by atoms with E-state index in [1.54, 1.807) is 0 Å². The van der Waals surface area contributed by atoms with Crippen LogP contribution in [0.3, 0.4) is 0 Å². The zero-order valence-corrected chi connectivity index (χ0v) is 17.2. The Labute approximate surface area is 161 Å². The Bertz CT molecular complexity index is 937. The van der Waals surface area contributed by atoms with Crippen LogP contribution >= 0.6 is 22.7 Å². The van der Waals surface area contributed by atoms with E-state index in [9.17, 15) is 4.79 Å². The van der Waals surface area contributed by atoms with E-state index in [-0.39, 0.29) is 5.91 Å². The van der Waals surface area contributed by atoms with E-state index in [1.807, 2.05) is 25.3 Å². The molecule has 1 amide bonds. The molecule has 0 saturated heterocycles. The molecule has 0 bridgehead atoms. The molecule has 2 heterocycles. The number of carbonyl (C=O) groups is 1. The lowest BCUT2D eigenvalue weighted by molar-refractivity contribution is 0.103. The summed E-state index contributed by atoms with van der Waals surface area (Å²) in [7, 11) is 0. The summed E-state index contributed by atoms with van der Waals surface area (Å²) >= 11 is 2.91. The Morgan fingerprint density at radius 1 is 1.15 bits per heavy atom. The second-order valence-electron chi connectivity index (χ2n) is 6.43. The first-order valence-electron chi connectivity index (χ1n) is 8.37. The normalized spacial score (nSPS) is 10.8. The molecule has 1 N–H and O–H groups in total. The molecule has 0 atom stereocenters. The summed E-state index contributed by atoms with van der Waals surface area (Å²) in [5, 5.41) is 5.47. The predicted octanol–water partition coefficient (Wildman–Crippen LogP) is 5.58. The number of aromatic nitrogens is 1. The topological polar surface area (TPSA) is 51.2 Å². The third-order valence-corrected chi connectivity index (χ3v) is 6.25. The van der Waals surface area contributed by atoms with Crippen molar-refractivity contribution in [1.29, 1.82) is 0 Å². The first-order valence-corrected chi connectivity index (χ1v) is 10.1. The van der Waals surface area contributed by atoms with E-state index in [2.05, 4.69) is 43.2 Å². The SMILES string of the molecule is Cc1cc(C)c(C)c(OCc2csc(C(=O)Nc3nc(C)c(C)s3)c2)c1. The maximum Gasteiger partial charge on any atom is 0.267 e. The minimum atomic E-state index is -0.127. The number of nitrogens with zero attached hydrogens (tertiary/aromatic N) is 1. The summed E-state index contributed by atoms with van der Waals surface area (Å²) in [4.78, 5) is 18.5. The molecule has 0 aliphatic carbocycles. The van der Waals surface area contributed by atoms with E-state index in [1.165, 1.54) is 33.8 Å². The van der Waals surface area contributed by atoms with Crippen LogP contribution in [0.1, 0.15) is 42.5 Å². The highest BCUT2D eigenvalue weighted by Gasteiger charge is 2.13. The number of rotatable bonds is 5. The first kappa shape index (κ1) is 18.6. The molecule has 3 rings (SSSR count). The Balaban J connectivity index is 1.65. The van der Waals surface area contributed by atoms with Crippen LogP contribution in [0.25, 0.3) is 0 Å². The van der Waals surface area contributed by atoms with Crippen LogP contribution < -0.4 is 10.1 Å². The summed E-state index contributed by atoms with van der Waals surface area (Å²) in [5.74, 6) is 0.769. The number of amides is 1. The number of nitrogens with one attached hydrogen (secondary N) is 1. The van der Waals surface area contributed by atoms with Gasteiger partial charge in [-0.15, -0.1) is 22.7 Å². The third kappa shape index (κ3) is 4.14. The zero-order chi connectivity index (χ0) is 18.8. The number of ether oxygens (including phenoxy) is 1. The molecule has 6 heteroatoms. The maximum absolute atomic E-state index is 12.4. The van der Waals surface area contributed by atoms with E-state index in [4.69, 9.17) is 4.74 Å². The van der Waals surface area contributed by atoms with Gasteiger partial charge < -0.3 is 4.74 Å². The minimum Gasteiger partial charge on any atom is -0.489 e. The lowest BCUT2D eigenvalue weighted by Crippen LogP contribution is -2.09. The maximum atomic E-state index is 12.4. The number of hydrogen-bond acceptors (Lipinski definition) is 5. The lowest BCUT2D eigenvalue weighted by atomic mass is 10.1. The van der Waals surface area contributed by atoms with Crippen molar-refractivity contribution in [2.75, 3.05) is 5.32 Å². The number of aryl methyl sites for hydroxylation is 4. The Morgan fingerprint density at radius 3 is 2.62 bits per heavy atom. The highest BCUT2D eigenvalue weighted by Crippen LogP contribution is 2.26. The fraction of sp³-hybridized carbons (Fsp3) is 0.300. The van der Waals surface area contributed by atoms with Crippen molar-refractivity contribution < 1.29 is 9.53 Å². The van der Waals surface area contributed by atoms with Gasteiger partial charge in [0.15, 0.2) is 5.13 Å². The summed E-state index contributed by atoms with van der Waals surface area (Å²) < 4.78 is 5.98. The van der Waals surface area contributed by atoms with Gasteiger partial charge in [-0.05, 0) is 68.8 Å². The molecule has 0 spiro atoms. The molecule has 136 valence electrons. The highest BCUT2D eigenvalue weighted by atomic mass is 32.1. The molecule has 3 aromatic rings. The average molecular weight is 387 g/mol. The monoisotopic (exact) mass is 386 g/mol. The molecular weight excluding hydrogens is 364 g/mol. The Morgan fingerprint density at radius 2 is 1.92 bits per heavy atom. The number of benzene rings is 1. The van der Waals surface area contributed by atoms with E-state index >= 15 is 0 Å². The van der Waals surface area contributed by atoms with Gasteiger partial charge in [0.05, 0.1) is 10.6 Å². The van der Waals surface area contributed by atoms with E-state index < -0.39 is 0 Å². The quantitative estimate of drug-likeness (QED) is 0.623. The summed E-state index contributed by atoms with van der Waals surface area (Å²) in [6, 6.07) is 6.08. The van der Waals surface area contributed by atoms with Gasteiger partial charge in [0.1, 0.15) is 12.4 Å². The first-order chi connectivity index (χ1) is 12.3.